The number of halogens is 2. The number of rotatable bonds is 4. The van der Waals surface area contributed by atoms with Gasteiger partial charge in [0.1, 0.15) is 0 Å². The van der Waals surface area contributed by atoms with Gasteiger partial charge in [0.05, 0.1) is 11.1 Å². The van der Waals surface area contributed by atoms with Crippen LogP contribution in [0.2, 0.25) is 10.0 Å². The Hall–Kier alpha value is -2.70. The van der Waals surface area contributed by atoms with E-state index in [0.717, 1.165) is 5.56 Å². The smallest absolute Gasteiger partial charge is 0.236 e. The van der Waals surface area contributed by atoms with Crippen molar-refractivity contribution in [2.45, 2.75) is 18.3 Å². The quantitative estimate of drug-likeness (QED) is 0.644. The van der Waals surface area contributed by atoms with Crippen LogP contribution in [0.1, 0.15) is 18.5 Å². The van der Waals surface area contributed by atoms with Gasteiger partial charge in [-0.15, -0.1) is 0 Å². The summed E-state index contributed by atoms with van der Waals surface area (Å²) in [6, 6.07) is 12.2. The van der Waals surface area contributed by atoms with Gasteiger partial charge in [-0.3, -0.25) is 4.79 Å². The van der Waals surface area contributed by atoms with E-state index in [9.17, 15) is 4.79 Å². The largest absolute Gasteiger partial charge is 0.454 e. The lowest BCUT2D eigenvalue weighted by atomic mass is 10.00. The molecule has 1 fully saturated rings. The van der Waals surface area contributed by atoms with Crippen molar-refractivity contribution in [2.24, 2.45) is 0 Å². The van der Waals surface area contributed by atoms with Gasteiger partial charge >= 0.3 is 0 Å². The molecule has 0 radical (unpaired) electrons. The zero-order valence-corrected chi connectivity index (χ0v) is 16.0. The van der Waals surface area contributed by atoms with Gasteiger partial charge in [-0.1, -0.05) is 28.4 Å². The first-order valence-electron chi connectivity index (χ1n) is 8.68. The van der Waals surface area contributed by atoms with Gasteiger partial charge in [0.2, 0.25) is 12.7 Å². The van der Waals surface area contributed by atoms with E-state index in [0.29, 0.717) is 51.5 Å². The Labute approximate surface area is 170 Å². The highest BCUT2D eigenvalue weighted by atomic mass is 35.5. The lowest BCUT2D eigenvalue weighted by Gasteiger charge is -2.13. The maximum Gasteiger partial charge on any atom is 0.236 e. The van der Waals surface area contributed by atoms with Crippen molar-refractivity contribution in [3.05, 3.63) is 58.2 Å². The predicted octanol–water partition coefficient (Wildman–Crippen LogP) is 5.05. The van der Waals surface area contributed by atoms with Crippen LogP contribution >= 0.6 is 23.2 Å². The standard InChI is InChI=1S/C20H14Cl2N2O4/c21-12-6-13(22)8-14(7-12)23-19(25)20(3-4-20)18-9-16(28-24-18)11-1-2-15-17(5-11)27-10-26-15/h1-2,5-9H,3-4,10H2,(H,23,25). The molecule has 8 heteroatoms. The van der Waals surface area contributed by atoms with Crippen LogP contribution in [-0.2, 0) is 10.2 Å². The van der Waals surface area contributed by atoms with Crippen molar-refractivity contribution in [1.29, 1.82) is 0 Å². The van der Waals surface area contributed by atoms with Crippen LogP contribution in [0.15, 0.2) is 47.0 Å². The minimum atomic E-state index is -0.702. The van der Waals surface area contributed by atoms with Gasteiger partial charge in [-0.2, -0.15) is 0 Å². The van der Waals surface area contributed by atoms with Gasteiger partial charge < -0.3 is 19.3 Å². The fourth-order valence-corrected chi connectivity index (χ4v) is 3.81. The lowest BCUT2D eigenvalue weighted by molar-refractivity contribution is -0.118. The normalized spacial score (nSPS) is 16.1. The maximum absolute atomic E-state index is 12.9. The zero-order chi connectivity index (χ0) is 19.3. The summed E-state index contributed by atoms with van der Waals surface area (Å²) in [5, 5.41) is 7.96. The molecule has 3 aromatic rings. The van der Waals surface area contributed by atoms with Crippen molar-refractivity contribution in [3.63, 3.8) is 0 Å². The molecule has 2 aromatic carbocycles. The van der Waals surface area contributed by atoms with E-state index >= 15 is 0 Å². The number of carbonyl (C=O) groups is 1. The Morgan fingerprint density at radius 2 is 1.75 bits per heavy atom. The number of benzene rings is 2. The van der Waals surface area contributed by atoms with Gasteiger partial charge in [0.15, 0.2) is 17.3 Å². The highest BCUT2D eigenvalue weighted by Gasteiger charge is 2.53. The van der Waals surface area contributed by atoms with Crippen LogP contribution in [0, 0.1) is 0 Å². The minimum Gasteiger partial charge on any atom is -0.454 e. The SMILES string of the molecule is O=C(Nc1cc(Cl)cc(Cl)c1)C1(c2cc(-c3ccc4c(c3)OCO4)on2)CC1. The zero-order valence-electron chi connectivity index (χ0n) is 14.5. The molecule has 1 aliphatic carbocycles. The van der Waals surface area contributed by atoms with Crippen LogP contribution in [0.5, 0.6) is 11.5 Å². The Kier molecular flexibility index (Phi) is 4.00. The van der Waals surface area contributed by atoms with Crippen molar-refractivity contribution in [3.8, 4) is 22.8 Å². The van der Waals surface area contributed by atoms with Gasteiger partial charge in [-0.05, 0) is 49.2 Å². The van der Waals surface area contributed by atoms with Crippen molar-refractivity contribution in [2.75, 3.05) is 12.1 Å². The molecule has 0 unspecified atom stereocenters. The summed E-state index contributed by atoms with van der Waals surface area (Å²) < 4.78 is 16.2. The molecular formula is C20H14Cl2N2O4. The summed E-state index contributed by atoms with van der Waals surface area (Å²) in [5.74, 6) is 1.77. The van der Waals surface area contributed by atoms with Crippen LogP contribution in [0.25, 0.3) is 11.3 Å². The first-order valence-corrected chi connectivity index (χ1v) is 9.44. The number of carbonyl (C=O) groups excluding carboxylic acids is 1. The molecule has 5 rings (SSSR count). The molecule has 1 aliphatic heterocycles. The van der Waals surface area contributed by atoms with Crippen LogP contribution in [0.3, 0.4) is 0 Å². The summed E-state index contributed by atoms with van der Waals surface area (Å²) in [6.45, 7) is 0.206. The second-order valence-electron chi connectivity index (χ2n) is 6.84. The number of anilines is 1. The highest BCUT2D eigenvalue weighted by Crippen LogP contribution is 2.49. The molecule has 1 aromatic heterocycles. The summed E-state index contributed by atoms with van der Waals surface area (Å²) in [4.78, 5) is 12.9. The molecule has 0 atom stereocenters. The molecular weight excluding hydrogens is 403 g/mol. The number of amides is 1. The second kappa shape index (κ2) is 6.43. The molecule has 0 saturated heterocycles. The number of ether oxygens (including phenoxy) is 2. The monoisotopic (exact) mass is 416 g/mol. The third kappa shape index (κ3) is 2.99. The molecule has 1 amide bonds. The van der Waals surface area contributed by atoms with E-state index < -0.39 is 5.41 Å². The fourth-order valence-electron chi connectivity index (χ4n) is 3.29. The van der Waals surface area contributed by atoms with Gasteiger partial charge in [0.25, 0.3) is 0 Å². The topological polar surface area (TPSA) is 73.6 Å². The second-order valence-corrected chi connectivity index (χ2v) is 7.71. The average Bonchev–Trinajstić information content (AvgIpc) is 3.10. The maximum atomic E-state index is 12.9. The summed E-state index contributed by atoms with van der Waals surface area (Å²) in [5.41, 5.74) is 1.26. The molecule has 2 heterocycles. The Morgan fingerprint density at radius 1 is 1.00 bits per heavy atom. The number of nitrogens with zero attached hydrogens (tertiary/aromatic N) is 1. The van der Waals surface area contributed by atoms with E-state index in [1.807, 2.05) is 18.2 Å². The van der Waals surface area contributed by atoms with Crippen LogP contribution in [0.4, 0.5) is 5.69 Å². The Morgan fingerprint density at radius 3 is 2.50 bits per heavy atom. The lowest BCUT2D eigenvalue weighted by Crippen LogP contribution is -2.28. The number of fused-ring (bicyclic) bond motifs is 1. The molecule has 28 heavy (non-hydrogen) atoms. The first kappa shape index (κ1) is 17.4. The van der Waals surface area contributed by atoms with E-state index in [1.54, 1.807) is 24.3 Å². The van der Waals surface area contributed by atoms with E-state index in [4.69, 9.17) is 37.2 Å². The third-order valence-electron chi connectivity index (χ3n) is 4.96. The summed E-state index contributed by atoms with van der Waals surface area (Å²) in [7, 11) is 0. The molecule has 0 spiro atoms. The first-order chi connectivity index (χ1) is 13.5. The number of hydrogen-bond acceptors (Lipinski definition) is 5. The van der Waals surface area contributed by atoms with E-state index in [-0.39, 0.29) is 12.7 Å². The Bertz CT molecular complexity index is 1070. The number of aromatic nitrogens is 1. The third-order valence-corrected chi connectivity index (χ3v) is 5.40. The van der Waals surface area contributed by atoms with E-state index in [1.165, 1.54) is 0 Å². The predicted molar refractivity (Wildman–Crippen MR) is 104 cm³/mol. The minimum absolute atomic E-state index is 0.156. The molecule has 142 valence electrons. The van der Waals surface area contributed by atoms with Crippen LogP contribution in [-0.4, -0.2) is 17.9 Å². The van der Waals surface area contributed by atoms with E-state index in [2.05, 4.69) is 10.5 Å². The van der Waals surface area contributed by atoms with Crippen molar-refractivity contribution < 1.29 is 18.8 Å². The average molecular weight is 417 g/mol. The molecule has 0 bridgehead atoms. The van der Waals surface area contributed by atoms with Gasteiger partial charge in [-0.25, -0.2) is 0 Å². The van der Waals surface area contributed by atoms with Gasteiger partial charge in [0, 0.05) is 27.4 Å². The molecule has 2 aliphatic rings. The Balaban J connectivity index is 1.39. The van der Waals surface area contributed by atoms with Crippen molar-refractivity contribution >= 4 is 34.8 Å². The van der Waals surface area contributed by atoms with Crippen LogP contribution < -0.4 is 14.8 Å². The fraction of sp³-hybridized carbons (Fsp3) is 0.200. The summed E-state index contributed by atoms with van der Waals surface area (Å²) >= 11 is 12.0. The summed E-state index contributed by atoms with van der Waals surface area (Å²) in [6.07, 6.45) is 1.39. The number of hydrogen-bond donors (Lipinski definition) is 1. The molecule has 1 N–H and O–H groups in total. The van der Waals surface area contributed by atoms with Crippen molar-refractivity contribution in [1.82, 2.24) is 5.16 Å². The molecule has 6 nitrogen and oxygen atoms in total. The molecule has 1 saturated carbocycles. The highest BCUT2D eigenvalue weighted by molar-refractivity contribution is 6.35. The number of nitrogens with one attached hydrogen (secondary N) is 1.